The normalized spacial score (nSPS) is 10.7. The van der Waals surface area contributed by atoms with E-state index in [4.69, 9.17) is 27.9 Å². The number of nitrogens with one attached hydrogen (secondary N) is 1. The summed E-state index contributed by atoms with van der Waals surface area (Å²) in [6.45, 7) is 4.58. The number of rotatable bonds is 7. The van der Waals surface area contributed by atoms with E-state index >= 15 is 0 Å². The first-order valence-electron chi connectivity index (χ1n) is 8.75. The van der Waals surface area contributed by atoms with Gasteiger partial charge in [-0.2, -0.15) is 5.10 Å². The van der Waals surface area contributed by atoms with Crippen molar-refractivity contribution >= 4 is 29.1 Å². The molecule has 2 aromatic carbocycles. The maximum Gasteiger partial charge on any atom is 0.241 e. The van der Waals surface area contributed by atoms with E-state index < -0.39 is 0 Å². The number of carbonyl (C=O) groups excluding carboxylic acids is 1. The minimum atomic E-state index is -0.181. The largest absolute Gasteiger partial charge is 0.492 e. The van der Waals surface area contributed by atoms with Crippen LogP contribution >= 0.6 is 23.2 Å². The molecule has 0 saturated carbocycles. The van der Waals surface area contributed by atoms with Crippen molar-refractivity contribution in [1.29, 1.82) is 0 Å². The van der Waals surface area contributed by atoms with Crippen molar-refractivity contribution in [3.63, 3.8) is 0 Å². The second-order valence-electron chi connectivity index (χ2n) is 6.28. The van der Waals surface area contributed by atoms with E-state index in [0.29, 0.717) is 34.8 Å². The summed E-state index contributed by atoms with van der Waals surface area (Å²) in [4.78, 5) is 16.7. The lowest BCUT2D eigenvalue weighted by Gasteiger charge is -2.09. The quantitative estimate of drug-likeness (QED) is 0.587. The Morgan fingerprint density at radius 3 is 2.71 bits per heavy atom. The van der Waals surface area contributed by atoms with Gasteiger partial charge in [0.15, 0.2) is 5.82 Å². The van der Waals surface area contributed by atoms with Gasteiger partial charge in [-0.25, -0.2) is 9.67 Å². The third kappa shape index (κ3) is 5.24. The molecule has 3 rings (SSSR count). The summed E-state index contributed by atoms with van der Waals surface area (Å²) in [6, 6.07) is 13.0. The Kier molecular flexibility index (Phi) is 6.54. The van der Waals surface area contributed by atoms with Crippen molar-refractivity contribution in [1.82, 2.24) is 20.1 Å². The van der Waals surface area contributed by atoms with Crippen LogP contribution in [0.1, 0.15) is 11.4 Å². The minimum Gasteiger partial charge on any atom is -0.492 e. The first-order valence-corrected chi connectivity index (χ1v) is 9.51. The summed E-state index contributed by atoms with van der Waals surface area (Å²) in [5.41, 5.74) is 1.86. The Morgan fingerprint density at radius 1 is 1.14 bits per heavy atom. The lowest BCUT2D eigenvalue weighted by molar-refractivity contribution is -0.121. The molecule has 0 saturated heterocycles. The molecule has 0 fully saturated rings. The molecule has 28 heavy (non-hydrogen) atoms. The van der Waals surface area contributed by atoms with Crippen LogP contribution in [-0.4, -0.2) is 33.8 Å². The number of nitrogens with zero attached hydrogens (tertiary/aromatic N) is 3. The summed E-state index contributed by atoms with van der Waals surface area (Å²) in [5, 5.41) is 8.01. The maximum absolute atomic E-state index is 12.3. The summed E-state index contributed by atoms with van der Waals surface area (Å²) in [6.07, 6.45) is 0. The van der Waals surface area contributed by atoms with Gasteiger partial charge in [-0.1, -0.05) is 35.3 Å². The van der Waals surface area contributed by atoms with Crippen molar-refractivity contribution < 1.29 is 9.53 Å². The third-order valence-corrected chi connectivity index (χ3v) is 4.67. The predicted octanol–water partition coefficient (Wildman–Crippen LogP) is 4.06. The summed E-state index contributed by atoms with van der Waals surface area (Å²) < 4.78 is 7.18. The number of carbonyl (C=O) groups is 1. The van der Waals surface area contributed by atoms with Gasteiger partial charge in [0.05, 0.1) is 16.6 Å². The molecule has 3 aromatic rings. The molecule has 0 aliphatic rings. The van der Waals surface area contributed by atoms with Crippen molar-refractivity contribution in [2.24, 2.45) is 0 Å². The molecule has 1 amide bonds. The SMILES string of the molecule is Cc1cccc(OCCNC(=O)Cn2nc(C)nc2-c2ccc(Cl)c(Cl)c2)c1. The van der Waals surface area contributed by atoms with Gasteiger partial charge < -0.3 is 10.1 Å². The summed E-state index contributed by atoms with van der Waals surface area (Å²) in [5.74, 6) is 1.72. The number of amides is 1. The van der Waals surface area contributed by atoms with Crippen molar-refractivity contribution in [2.75, 3.05) is 13.2 Å². The van der Waals surface area contributed by atoms with Crippen LogP contribution in [0.3, 0.4) is 0 Å². The van der Waals surface area contributed by atoms with Crippen LogP contribution in [0.5, 0.6) is 5.75 Å². The van der Waals surface area contributed by atoms with E-state index in [-0.39, 0.29) is 12.5 Å². The number of ether oxygens (including phenoxy) is 1. The Bertz CT molecular complexity index is 988. The highest BCUT2D eigenvalue weighted by Crippen LogP contribution is 2.27. The van der Waals surface area contributed by atoms with E-state index in [9.17, 15) is 4.79 Å². The fourth-order valence-electron chi connectivity index (χ4n) is 2.67. The number of aryl methyl sites for hydroxylation is 2. The molecule has 0 atom stereocenters. The smallest absolute Gasteiger partial charge is 0.241 e. The van der Waals surface area contributed by atoms with Crippen molar-refractivity contribution in [3.05, 3.63) is 63.9 Å². The maximum atomic E-state index is 12.3. The van der Waals surface area contributed by atoms with Crippen LogP contribution in [0.4, 0.5) is 0 Å². The van der Waals surface area contributed by atoms with E-state index in [2.05, 4.69) is 15.4 Å². The number of benzene rings is 2. The van der Waals surface area contributed by atoms with Crippen LogP contribution in [0.2, 0.25) is 10.0 Å². The highest BCUT2D eigenvalue weighted by atomic mass is 35.5. The van der Waals surface area contributed by atoms with Gasteiger partial charge in [0, 0.05) is 5.56 Å². The van der Waals surface area contributed by atoms with Crippen molar-refractivity contribution in [3.8, 4) is 17.1 Å². The Balaban J connectivity index is 1.57. The van der Waals surface area contributed by atoms with Crippen molar-refractivity contribution in [2.45, 2.75) is 20.4 Å². The van der Waals surface area contributed by atoms with Gasteiger partial charge >= 0.3 is 0 Å². The molecule has 1 aromatic heterocycles. The predicted molar refractivity (Wildman–Crippen MR) is 110 cm³/mol. The lowest BCUT2D eigenvalue weighted by Crippen LogP contribution is -2.31. The molecule has 1 heterocycles. The molecular formula is C20H20Cl2N4O2. The number of halogens is 2. The zero-order chi connectivity index (χ0) is 20.1. The second-order valence-corrected chi connectivity index (χ2v) is 7.10. The van der Waals surface area contributed by atoms with Gasteiger partial charge in [0.1, 0.15) is 24.7 Å². The molecule has 0 spiro atoms. The minimum absolute atomic E-state index is 0.0425. The lowest BCUT2D eigenvalue weighted by atomic mass is 10.2. The van der Waals surface area contributed by atoms with Crippen LogP contribution < -0.4 is 10.1 Å². The molecule has 8 heteroatoms. The monoisotopic (exact) mass is 418 g/mol. The molecule has 0 radical (unpaired) electrons. The molecule has 0 aliphatic heterocycles. The fraction of sp³-hybridized carbons (Fsp3) is 0.250. The molecule has 6 nitrogen and oxygen atoms in total. The topological polar surface area (TPSA) is 69.0 Å². The Hall–Kier alpha value is -2.57. The molecule has 146 valence electrons. The second kappa shape index (κ2) is 9.08. The molecule has 0 aliphatic carbocycles. The highest BCUT2D eigenvalue weighted by Gasteiger charge is 2.14. The van der Waals surface area contributed by atoms with E-state index in [1.165, 1.54) is 0 Å². The van der Waals surface area contributed by atoms with Gasteiger partial charge in [-0.15, -0.1) is 0 Å². The fourth-order valence-corrected chi connectivity index (χ4v) is 2.97. The first kappa shape index (κ1) is 20.2. The van der Waals surface area contributed by atoms with Crippen LogP contribution in [0, 0.1) is 13.8 Å². The van der Waals surface area contributed by atoms with E-state index in [1.807, 2.05) is 31.2 Å². The van der Waals surface area contributed by atoms with E-state index in [1.54, 1.807) is 29.8 Å². The molecule has 1 N–H and O–H groups in total. The van der Waals surface area contributed by atoms with Gasteiger partial charge in [-0.05, 0) is 49.7 Å². The van der Waals surface area contributed by atoms with Gasteiger partial charge in [0.2, 0.25) is 5.91 Å². The molecule has 0 bridgehead atoms. The Morgan fingerprint density at radius 2 is 1.96 bits per heavy atom. The van der Waals surface area contributed by atoms with Crippen LogP contribution in [-0.2, 0) is 11.3 Å². The average Bonchev–Trinajstić information content (AvgIpc) is 3.01. The third-order valence-electron chi connectivity index (χ3n) is 3.93. The zero-order valence-corrected chi connectivity index (χ0v) is 17.1. The number of hydrogen-bond donors (Lipinski definition) is 1. The first-order chi connectivity index (χ1) is 13.4. The number of aromatic nitrogens is 3. The van der Waals surface area contributed by atoms with E-state index in [0.717, 1.165) is 16.9 Å². The van der Waals surface area contributed by atoms with Gasteiger partial charge in [0.25, 0.3) is 0 Å². The molecular weight excluding hydrogens is 399 g/mol. The number of hydrogen-bond acceptors (Lipinski definition) is 4. The molecule has 0 unspecified atom stereocenters. The van der Waals surface area contributed by atoms with Crippen LogP contribution in [0.15, 0.2) is 42.5 Å². The average molecular weight is 419 g/mol. The van der Waals surface area contributed by atoms with Gasteiger partial charge in [-0.3, -0.25) is 4.79 Å². The summed E-state index contributed by atoms with van der Waals surface area (Å²) >= 11 is 12.1. The standard InChI is InChI=1S/C20H20Cl2N4O2/c1-13-4-3-5-16(10-13)28-9-8-23-19(27)12-26-20(24-14(2)25-26)15-6-7-17(21)18(22)11-15/h3-7,10-11H,8-9,12H2,1-2H3,(H,23,27). The Labute approximate surface area is 173 Å². The highest BCUT2D eigenvalue weighted by molar-refractivity contribution is 6.42. The summed E-state index contributed by atoms with van der Waals surface area (Å²) in [7, 11) is 0. The van der Waals surface area contributed by atoms with Crippen LogP contribution in [0.25, 0.3) is 11.4 Å². The zero-order valence-electron chi connectivity index (χ0n) is 15.6.